The number of unbranched alkanes of at least 4 members (excludes halogenated alkanes) is 42. The first-order chi connectivity index (χ1) is 29.8. The average Bonchev–Trinajstić information content (AvgIpc) is 3.24. The van der Waals surface area contributed by atoms with Crippen molar-refractivity contribution in [1.29, 1.82) is 0 Å². The van der Waals surface area contributed by atoms with Crippen LogP contribution in [0, 0.1) is 0 Å². The molecule has 0 aromatic carbocycles. The standard InChI is InChI=1S/C53H106NO6P/c1-3-5-7-9-11-13-15-17-19-21-22-23-24-25-26-27-28-29-30-31-33-35-37-39-41-43-45-47-49-53(56)54-51(50-60-61(57,58)59)52(55)48-46-44-42-40-38-36-34-32-20-18-16-14-12-10-8-6-4-2/h46,48,51-52,55H,3-45,47,49-50H2,1-2H3,(H,54,56)(H2,57,58,59)/b48-46+/t51-,52+/m0/s1. The second kappa shape index (κ2) is 48.7. The van der Waals surface area contributed by atoms with Crippen molar-refractivity contribution in [3.05, 3.63) is 12.2 Å². The van der Waals surface area contributed by atoms with Crippen LogP contribution in [0.1, 0.15) is 303 Å². The molecule has 0 bridgehead atoms. The van der Waals surface area contributed by atoms with E-state index < -0.39 is 26.6 Å². The first-order valence-corrected chi connectivity index (χ1v) is 28.7. The fourth-order valence-corrected chi connectivity index (χ4v) is 9.00. The van der Waals surface area contributed by atoms with Crippen molar-refractivity contribution >= 4 is 13.7 Å². The number of hydrogen-bond donors (Lipinski definition) is 4. The lowest BCUT2D eigenvalue weighted by Gasteiger charge is -2.22. The molecule has 0 saturated carbocycles. The normalized spacial score (nSPS) is 13.1. The van der Waals surface area contributed by atoms with Crippen LogP contribution in [0.2, 0.25) is 0 Å². The second-order valence-corrected chi connectivity index (χ2v) is 20.2. The van der Waals surface area contributed by atoms with E-state index in [4.69, 9.17) is 0 Å². The Morgan fingerprint density at radius 3 is 1.00 bits per heavy atom. The van der Waals surface area contributed by atoms with Gasteiger partial charge in [-0.3, -0.25) is 9.32 Å². The molecule has 0 saturated heterocycles. The number of phosphoric ester groups is 1. The Morgan fingerprint density at radius 2 is 0.721 bits per heavy atom. The molecule has 61 heavy (non-hydrogen) atoms. The summed E-state index contributed by atoms with van der Waals surface area (Å²) in [6.07, 6.45) is 61.3. The smallest absolute Gasteiger partial charge is 0.387 e. The van der Waals surface area contributed by atoms with Crippen LogP contribution in [0.25, 0.3) is 0 Å². The van der Waals surface area contributed by atoms with E-state index in [0.29, 0.717) is 6.42 Å². The van der Waals surface area contributed by atoms with Crippen LogP contribution in [-0.4, -0.2) is 39.6 Å². The van der Waals surface area contributed by atoms with Gasteiger partial charge in [0.2, 0.25) is 5.91 Å². The summed E-state index contributed by atoms with van der Waals surface area (Å²) in [5.74, 6) is -0.219. The summed E-state index contributed by atoms with van der Waals surface area (Å²) in [4.78, 5) is 31.1. The van der Waals surface area contributed by atoms with Crippen molar-refractivity contribution in [1.82, 2.24) is 5.32 Å². The third-order valence-corrected chi connectivity index (χ3v) is 13.2. The molecule has 0 unspecified atom stereocenters. The van der Waals surface area contributed by atoms with E-state index in [2.05, 4.69) is 23.7 Å². The molecule has 2 atom stereocenters. The predicted molar refractivity (Wildman–Crippen MR) is 264 cm³/mol. The Labute approximate surface area is 380 Å². The quantitative estimate of drug-likeness (QED) is 0.0275. The van der Waals surface area contributed by atoms with Crippen LogP contribution < -0.4 is 5.32 Å². The van der Waals surface area contributed by atoms with Gasteiger partial charge < -0.3 is 20.2 Å². The Hall–Kier alpha value is -0.720. The molecule has 0 spiro atoms. The number of amides is 1. The highest BCUT2D eigenvalue weighted by atomic mass is 31.2. The minimum absolute atomic E-state index is 0.219. The van der Waals surface area contributed by atoms with Crippen LogP contribution >= 0.6 is 7.82 Å². The number of carbonyl (C=O) groups is 1. The number of hydrogen-bond acceptors (Lipinski definition) is 4. The van der Waals surface area contributed by atoms with E-state index in [0.717, 1.165) is 38.5 Å². The topological polar surface area (TPSA) is 116 Å². The van der Waals surface area contributed by atoms with Crippen molar-refractivity contribution in [2.75, 3.05) is 6.61 Å². The van der Waals surface area contributed by atoms with Crippen LogP contribution in [0.3, 0.4) is 0 Å². The maximum atomic E-state index is 12.7. The molecule has 0 aromatic rings. The molecule has 364 valence electrons. The minimum Gasteiger partial charge on any atom is -0.387 e. The first-order valence-electron chi connectivity index (χ1n) is 27.1. The molecule has 0 aliphatic heterocycles. The molecule has 0 aliphatic rings. The van der Waals surface area contributed by atoms with E-state index >= 15 is 0 Å². The molecule has 0 heterocycles. The molecular formula is C53H106NO6P. The number of rotatable bonds is 51. The molecule has 0 rings (SSSR count). The van der Waals surface area contributed by atoms with Gasteiger partial charge in [0.05, 0.1) is 18.8 Å². The number of aliphatic hydroxyl groups is 1. The summed E-state index contributed by atoms with van der Waals surface area (Å²) in [6, 6.07) is -0.906. The number of nitrogens with one attached hydrogen (secondary N) is 1. The Kier molecular flexibility index (Phi) is 48.2. The molecule has 0 aromatic heterocycles. The molecule has 4 N–H and O–H groups in total. The van der Waals surface area contributed by atoms with Crippen LogP contribution in [0.15, 0.2) is 12.2 Å². The highest BCUT2D eigenvalue weighted by Gasteiger charge is 2.24. The van der Waals surface area contributed by atoms with Crippen LogP contribution in [0.4, 0.5) is 0 Å². The fraction of sp³-hybridized carbons (Fsp3) is 0.943. The molecular weight excluding hydrogens is 778 g/mol. The van der Waals surface area contributed by atoms with E-state index in [1.54, 1.807) is 6.08 Å². The zero-order valence-electron chi connectivity index (χ0n) is 40.8. The first kappa shape index (κ1) is 60.3. The minimum atomic E-state index is -4.72. The number of aliphatic hydroxyl groups excluding tert-OH is 1. The van der Waals surface area contributed by atoms with E-state index in [9.17, 15) is 24.3 Å². The van der Waals surface area contributed by atoms with Crippen molar-refractivity contribution in [3.8, 4) is 0 Å². The van der Waals surface area contributed by atoms with Gasteiger partial charge in [0, 0.05) is 6.42 Å². The van der Waals surface area contributed by atoms with Gasteiger partial charge in [-0.25, -0.2) is 4.57 Å². The van der Waals surface area contributed by atoms with Gasteiger partial charge in [-0.2, -0.15) is 0 Å². The Morgan fingerprint density at radius 1 is 0.459 bits per heavy atom. The molecule has 0 radical (unpaired) electrons. The maximum Gasteiger partial charge on any atom is 0.469 e. The summed E-state index contributed by atoms with van der Waals surface area (Å²) in [6.45, 7) is 4.12. The summed E-state index contributed by atoms with van der Waals surface area (Å²) in [7, 11) is -4.72. The molecule has 7 nitrogen and oxygen atoms in total. The average molecular weight is 884 g/mol. The molecule has 1 amide bonds. The largest absolute Gasteiger partial charge is 0.469 e. The van der Waals surface area contributed by atoms with E-state index in [-0.39, 0.29) is 5.91 Å². The summed E-state index contributed by atoms with van der Waals surface area (Å²) in [5, 5.41) is 13.5. The molecule has 8 heteroatoms. The van der Waals surface area contributed by atoms with Crippen LogP contribution in [0.5, 0.6) is 0 Å². The van der Waals surface area contributed by atoms with Gasteiger partial charge in [0.25, 0.3) is 0 Å². The van der Waals surface area contributed by atoms with Gasteiger partial charge in [-0.1, -0.05) is 289 Å². The van der Waals surface area contributed by atoms with E-state index in [1.165, 1.54) is 244 Å². The number of carbonyl (C=O) groups excluding carboxylic acids is 1. The van der Waals surface area contributed by atoms with Crippen molar-refractivity contribution in [2.24, 2.45) is 0 Å². The Bertz CT molecular complexity index is 957. The number of phosphoric acid groups is 1. The van der Waals surface area contributed by atoms with Gasteiger partial charge in [-0.05, 0) is 19.3 Å². The second-order valence-electron chi connectivity index (χ2n) is 18.9. The lowest BCUT2D eigenvalue weighted by atomic mass is 10.0. The Balaban J connectivity index is 3.73. The van der Waals surface area contributed by atoms with Gasteiger partial charge in [0.15, 0.2) is 0 Å². The lowest BCUT2D eigenvalue weighted by molar-refractivity contribution is -0.123. The van der Waals surface area contributed by atoms with Gasteiger partial charge in [-0.15, -0.1) is 0 Å². The molecule has 0 fully saturated rings. The van der Waals surface area contributed by atoms with Crippen LogP contribution in [-0.2, 0) is 13.9 Å². The lowest BCUT2D eigenvalue weighted by Crippen LogP contribution is -2.45. The van der Waals surface area contributed by atoms with Gasteiger partial charge in [0.1, 0.15) is 0 Å². The number of allylic oxidation sites excluding steroid dienone is 1. The molecule has 0 aliphatic carbocycles. The van der Waals surface area contributed by atoms with Crippen molar-refractivity contribution in [2.45, 2.75) is 315 Å². The van der Waals surface area contributed by atoms with E-state index in [1.807, 2.05) is 6.08 Å². The SMILES string of the molecule is CCCCCCCCCCCCCCCCC/C=C/[C@@H](O)[C@H](COP(=O)(O)O)NC(=O)CCCCCCCCCCCCCCCCCCCCCCCCCCCCCC. The van der Waals surface area contributed by atoms with Crippen molar-refractivity contribution < 1.29 is 28.8 Å². The third-order valence-electron chi connectivity index (χ3n) is 12.7. The summed E-state index contributed by atoms with van der Waals surface area (Å²) in [5.41, 5.74) is 0. The highest BCUT2D eigenvalue weighted by Crippen LogP contribution is 2.36. The predicted octanol–water partition coefficient (Wildman–Crippen LogP) is 17.1. The third kappa shape index (κ3) is 50.1. The van der Waals surface area contributed by atoms with Crippen molar-refractivity contribution in [3.63, 3.8) is 0 Å². The monoisotopic (exact) mass is 884 g/mol. The zero-order chi connectivity index (χ0) is 44.6. The maximum absolute atomic E-state index is 12.7. The highest BCUT2D eigenvalue weighted by molar-refractivity contribution is 7.46. The van der Waals surface area contributed by atoms with Gasteiger partial charge >= 0.3 is 7.82 Å². The summed E-state index contributed by atoms with van der Waals surface area (Å²) < 4.78 is 16.0. The summed E-state index contributed by atoms with van der Waals surface area (Å²) >= 11 is 0. The fourth-order valence-electron chi connectivity index (χ4n) is 8.64. The zero-order valence-corrected chi connectivity index (χ0v) is 41.7.